The fourth-order valence-electron chi connectivity index (χ4n) is 3.12. The summed E-state index contributed by atoms with van der Waals surface area (Å²) in [6.45, 7) is 7.23. The molecule has 0 unspecified atom stereocenters. The van der Waals surface area contributed by atoms with Gasteiger partial charge in [-0.15, -0.1) is 0 Å². The Hall–Kier alpha value is -2.16. The fraction of sp³-hybridized carbons (Fsp3) is 0.368. The third-order valence-corrected chi connectivity index (χ3v) is 4.29. The van der Waals surface area contributed by atoms with Crippen molar-refractivity contribution in [3.05, 3.63) is 53.1 Å². The van der Waals surface area contributed by atoms with Crippen LogP contribution in [-0.4, -0.2) is 20.2 Å². The van der Waals surface area contributed by atoms with E-state index in [4.69, 9.17) is 4.74 Å². The molecule has 1 N–H and O–H groups in total. The quantitative estimate of drug-likeness (QED) is 0.923. The van der Waals surface area contributed by atoms with Crippen LogP contribution in [0.1, 0.15) is 23.6 Å². The van der Waals surface area contributed by atoms with Crippen LogP contribution in [0.25, 0.3) is 0 Å². The summed E-state index contributed by atoms with van der Waals surface area (Å²) in [5.74, 6) is 0.955. The highest BCUT2D eigenvalue weighted by Gasteiger charge is 2.19. The highest BCUT2D eigenvalue weighted by atomic mass is 16.5. The number of aryl methyl sites for hydroxylation is 1. The Balaban J connectivity index is 1.88. The molecule has 0 bridgehead atoms. The lowest BCUT2D eigenvalue weighted by molar-refractivity contribution is 0.414. The molecule has 1 heterocycles. The van der Waals surface area contributed by atoms with Crippen LogP contribution < -0.4 is 15.0 Å². The largest absolute Gasteiger partial charge is 0.497 e. The van der Waals surface area contributed by atoms with Crippen molar-refractivity contribution in [2.24, 2.45) is 0 Å². The van der Waals surface area contributed by atoms with E-state index in [1.54, 1.807) is 7.11 Å². The number of rotatable bonds is 4. The Labute approximate surface area is 132 Å². The number of methoxy groups -OCH3 is 1. The van der Waals surface area contributed by atoms with E-state index in [9.17, 15) is 0 Å². The zero-order valence-electron chi connectivity index (χ0n) is 13.6. The zero-order valence-corrected chi connectivity index (χ0v) is 13.6. The highest BCUT2D eigenvalue weighted by Crippen LogP contribution is 2.32. The average molecular weight is 296 g/mol. The van der Waals surface area contributed by atoms with E-state index in [0.717, 1.165) is 31.8 Å². The van der Waals surface area contributed by atoms with Gasteiger partial charge in [-0.25, -0.2) is 0 Å². The van der Waals surface area contributed by atoms with Crippen LogP contribution in [0.3, 0.4) is 0 Å². The molecule has 0 saturated heterocycles. The molecule has 3 heteroatoms. The first-order valence-corrected chi connectivity index (χ1v) is 7.96. The van der Waals surface area contributed by atoms with Gasteiger partial charge < -0.3 is 15.0 Å². The third-order valence-electron chi connectivity index (χ3n) is 4.29. The molecule has 0 saturated carbocycles. The van der Waals surface area contributed by atoms with Crippen molar-refractivity contribution in [2.75, 3.05) is 30.4 Å². The lowest BCUT2D eigenvalue weighted by Gasteiger charge is -2.32. The number of benzene rings is 2. The highest BCUT2D eigenvalue weighted by molar-refractivity contribution is 5.71. The molecule has 0 fully saturated rings. The second-order valence-corrected chi connectivity index (χ2v) is 5.86. The van der Waals surface area contributed by atoms with E-state index in [1.165, 1.54) is 28.1 Å². The van der Waals surface area contributed by atoms with Crippen molar-refractivity contribution in [2.45, 2.75) is 26.8 Å². The number of fused-ring (bicyclic) bond motifs is 1. The van der Waals surface area contributed by atoms with Crippen molar-refractivity contribution in [3.8, 4) is 5.75 Å². The predicted octanol–water partition coefficient (Wildman–Crippen LogP) is 4.00. The van der Waals surface area contributed by atoms with Gasteiger partial charge in [-0.05, 0) is 61.2 Å². The lowest BCUT2D eigenvalue weighted by atomic mass is 9.98. The standard InChI is InChI=1S/C19H24N2O/c1-4-20-18-11-14(2)5-8-19(18)21-10-9-15-12-17(22-3)7-6-16(15)13-21/h5-8,11-12,20H,4,9-10,13H2,1-3H3. The molecule has 1 aliphatic rings. The molecular formula is C19H24N2O. The first-order chi connectivity index (χ1) is 10.7. The first kappa shape index (κ1) is 14.8. The molecule has 22 heavy (non-hydrogen) atoms. The summed E-state index contributed by atoms with van der Waals surface area (Å²) in [5, 5.41) is 3.49. The van der Waals surface area contributed by atoms with Gasteiger partial charge in [0.15, 0.2) is 0 Å². The summed E-state index contributed by atoms with van der Waals surface area (Å²) in [4.78, 5) is 2.46. The minimum absolute atomic E-state index is 0.943. The van der Waals surface area contributed by atoms with Crippen molar-refractivity contribution in [1.82, 2.24) is 0 Å². The van der Waals surface area contributed by atoms with E-state index < -0.39 is 0 Å². The van der Waals surface area contributed by atoms with Crippen LogP contribution in [0.15, 0.2) is 36.4 Å². The van der Waals surface area contributed by atoms with Gasteiger partial charge in [0, 0.05) is 19.6 Å². The molecule has 2 aromatic carbocycles. The topological polar surface area (TPSA) is 24.5 Å². The summed E-state index contributed by atoms with van der Waals surface area (Å²) < 4.78 is 5.33. The molecule has 0 aliphatic carbocycles. The first-order valence-electron chi connectivity index (χ1n) is 7.96. The number of hydrogen-bond acceptors (Lipinski definition) is 3. The Morgan fingerprint density at radius 3 is 2.77 bits per heavy atom. The number of anilines is 2. The summed E-state index contributed by atoms with van der Waals surface area (Å²) >= 11 is 0. The molecule has 0 aromatic heterocycles. The van der Waals surface area contributed by atoms with Crippen LogP contribution in [0.4, 0.5) is 11.4 Å². The third kappa shape index (κ3) is 2.89. The van der Waals surface area contributed by atoms with E-state index in [-0.39, 0.29) is 0 Å². The molecular weight excluding hydrogens is 272 g/mol. The second-order valence-electron chi connectivity index (χ2n) is 5.86. The number of nitrogens with one attached hydrogen (secondary N) is 1. The maximum Gasteiger partial charge on any atom is 0.119 e. The monoisotopic (exact) mass is 296 g/mol. The summed E-state index contributed by atoms with van der Waals surface area (Å²) in [6.07, 6.45) is 1.06. The van der Waals surface area contributed by atoms with Crippen molar-refractivity contribution in [1.29, 1.82) is 0 Å². The van der Waals surface area contributed by atoms with Gasteiger partial charge in [-0.2, -0.15) is 0 Å². The van der Waals surface area contributed by atoms with Gasteiger partial charge in [0.1, 0.15) is 5.75 Å². The molecule has 3 nitrogen and oxygen atoms in total. The van der Waals surface area contributed by atoms with Crippen molar-refractivity contribution < 1.29 is 4.74 Å². The van der Waals surface area contributed by atoms with Crippen LogP contribution in [0.2, 0.25) is 0 Å². The van der Waals surface area contributed by atoms with Gasteiger partial charge in [-0.1, -0.05) is 12.1 Å². The van der Waals surface area contributed by atoms with Crippen molar-refractivity contribution >= 4 is 11.4 Å². The predicted molar refractivity (Wildman–Crippen MR) is 93.1 cm³/mol. The Morgan fingerprint density at radius 1 is 1.14 bits per heavy atom. The zero-order chi connectivity index (χ0) is 15.5. The number of hydrogen-bond donors (Lipinski definition) is 1. The second kappa shape index (κ2) is 6.30. The molecule has 2 aromatic rings. The van der Waals surface area contributed by atoms with Crippen LogP contribution in [0.5, 0.6) is 5.75 Å². The Kier molecular flexibility index (Phi) is 4.23. The normalized spacial score (nSPS) is 13.7. The SMILES string of the molecule is CCNc1cc(C)ccc1N1CCc2cc(OC)ccc2C1. The molecule has 1 aliphatic heterocycles. The van der Waals surface area contributed by atoms with Crippen molar-refractivity contribution in [3.63, 3.8) is 0 Å². The molecule has 0 amide bonds. The van der Waals surface area contributed by atoms with E-state index >= 15 is 0 Å². The molecule has 0 atom stereocenters. The maximum absolute atomic E-state index is 5.33. The fourth-order valence-corrected chi connectivity index (χ4v) is 3.12. The number of nitrogens with zero attached hydrogens (tertiary/aromatic N) is 1. The van der Waals surface area contributed by atoms with Gasteiger partial charge in [-0.3, -0.25) is 0 Å². The van der Waals surface area contributed by atoms with Gasteiger partial charge in [0.2, 0.25) is 0 Å². The van der Waals surface area contributed by atoms with Gasteiger partial charge >= 0.3 is 0 Å². The summed E-state index contributed by atoms with van der Waals surface area (Å²) in [7, 11) is 1.73. The Morgan fingerprint density at radius 2 is 2.00 bits per heavy atom. The maximum atomic E-state index is 5.33. The van der Waals surface area contributed by atoms with Crippen LogP contribution >= 0.6 is 0 Å². The summed E-state index contributed by atoms with van der Waals surface area (Å²) in [6, 6.07) is 13.1. The Bertz CT molecular complexity index is 666. The minimum Gasteiger partial charge on any atom is -0.497 e. The van der Waals surface area contributed by atoms with Gasteiger partial charge in [0.05, 0.1) is 18.5 Å². The van der Waals surface area contributed by atoms with E-state index in [1.807, 2.05) is 0 Å². The lowest BCUT2D eigenvalue weighted by Crippen LogP contribution is -2.31. The molecule has 0 radical (unpaired) electrons. The summed E-state index contributed by atoms with van der Waals surface area (Å²) in [5.41, 5.74) is 6.64. The van der Waals surface area contributed by atoms with Gasteiger partial charge in [0.25, 0.3) is 0 Å². The molecule has 3 rings (SSSR count). The molecule has 0 spiro atoms. The number of ether oxygens (including phenoxy) is 1. The average Bonchev–Trinajstić information content (AvgIpc) is 2.54. The van der Waals surface area contributed by atoms with E-state index in [0.29, 0.717) is 0 Å². The van der Waals surface area contributed by atoms with E-state index in [2.05, 4.69) is 60.5 Å². The van der Waals surface area contributed by atoms with Crippen LogP contribution in [0, 0.1) is 6.92 Å². The molecule has 116 valence electrons. The minimum atomic E-state index is 0.943. The van der Waals surface area contributed by atoms with Crippen LogP contribution in [-0.2, 0) is 13.0 Å². The smallest absolute Gasteiger partial charge is 0.119 e.